The number of carbonyl (C=O) groups excluding carboxylic acids is 2. The lowest BCUT2D eigenvalue weighted by Gasteiger charge is -2.23. The van der Waals surface area contributed by atoms with E-state index in [1.807, 2.05) is 33.7 Å². The van der Waals surface area contributed by atoms with Crippen LogP contribution in [0.25, 0.3) is 11.0 Å². The number of ether oxygens (including phenoxy) is 1. The molecule has 0 bridgehead atoms. The fraction of sp³-hybridized carbons (Fsp3) is 0.423. The zero-order valence-corrected chi connectivity index (χ0v) is 20.7. The SMILES string of the molecule is CCCN(CCC)C(=O)Cn1c(C2CC(=O)N(c3cc(Cl)ccc3OC)C2)nc2ccccc21. The summed E-state index contributed by atoms with van der Waals surface area (Å²) < 4.78 is 7.47. The molecule has 2 aromatic carbocycles. The highest BCUT2D eigenvalue weighted by molar-refractivity contribution is 6.31. The molecule has 0 aliphatic carbocycles. The van der Waals surface area contributed by atoms with Crippen molar-refractivity contribution in [2.75, 3.05) is 31.6 Å². The van der Waals surface area contributed by atoms with Crippen LogP contribution in [0.1, 0.15) is 44.9 Å². The molecule has 1 aliphatic heterocycles. The Morgan fingerprint density at radius 1 is 1.18 bits per heavy atom. The molecule has 2 amide bonds. The molecule has 1 saturated heterocycles. The molecule has 0 spiro atoms. The fourth-order valence-corrected chi connectivity index (χ4v) is 4.86. The van der Waals surface area contributed by atoms with Gasteiger partial charge < -0.3 is 19.1 Å². The first-order valence-corrected chi connectivity index (χ1v) is 12.2. The van der Waals surface area contributed by atoms with Crippen LogP contribution in [0.4, 0.5) is 5.69 Å². The topological polar surface area (TPSA) is 67.7 Å². The fourth-order valence-electron chi connectivity index (χ4n) is 4.70. The van der Waals surface area contributed by atoms with E-state index in [-0.39, 0.29) is 24.3 Å². The van der Waals surface area contributed by atoms with Crippen LogP contribution in [0.5, 0.6) is 5.75 Å². The van der Waals surface area contributed by atoms with Crippen LogP contribution in [0.15, 0.2) is 42.5 Å². The van der Waals surface area contributed by atoms with Gasteiger partial charge in [-0.2, -0.15) is 0 Å². The second kappa shape index (κ2) is 10.5. The molecule has 1 fully saturated rings. The van der Waals surface area contributed by atoms with Gasteiger partial charge >= 0.3 is 0 Å². The molecule has 3 aromatic rings. The van der Waals surface area contributed by atoms with Gasteiger partial charge in [-0.3, -0.25) is 9.59 Å². The monoisotopic (exact) mass is 482 g/mol. The summed E-state index contributed by atoms with van der Waals surface area (Å²) in [6.45, 7) is 6.28. The van der Waals surface area contributed by atoms with Crippen molar-refractivity contribution in [2.24, 2.45) is 0 Å². The summed E-state index contributed by atoms with van der Waals surface area (Å²) in [5, 5.41) is 0.539. The van der Waals surface area contributed by atoms with Gasteiger partial charge in [0, 0.05) is 37.0 Å². The number of nitrogens with zero attached hydrogens (tertiary/aromatic N) is 4. The van der Waals surface area contributed by atoms with Gasteiger partial charge in [0.05, 0.1) is 23.8 Å². The first kappa shape index (κ1) is 24.1. The molecule has 0 saturated carbocycles. The number of carbonyl (C=O) groups is 2. The van der Waals surface area contributed by atoms with E-state index in [9.17, 15) is 9.59 Å². The Hall–Kier alpha value is -3.06. The number of fused-ring (bicyclic) bond motifs is 1. The molecule has 8 heteroatoms. The van der Waals surface area contributed by atoms with Gasteiger partial charge in [-0.1, -0.05) is 37.6 Å². The second-order valence-electron chi connectivity index (χ2n) is 8.65. The number of rotatable bonds is 9. The maximum Gasteiger partial charge on any atom is 0.242 e. The third-order valence-corrected chi connectivity index (χ3v) is 6.47. The summed E-state index contributed by atoms with van der Waals surface area (Å²) in [6.07, 6.45) is 2.13. The summed E-state index contributed by atoms with van der Waals surface area (Å²) >= 11 is 6.22. The molecule has 1 atom stereocenters. The van der Waals surface area contributed by atoms with Crippen LogP contribution in [-0.4, -0.2) is 53.0 Å². The Morgan fingerprint density at radius 2 is 1.91 bits per heavy atom. The van der Waals surface area contributed by atoms with Gasteiger partial charge in [0.15, 0.2) is 0 Å². The van der Waals surface area contributed by atoms with E-state index >= 15 is 0 Å². The van der Waals surface area contributed by atoms with Crippen molar-refractivity contribution in [3.05, 3.63) is 53.3 Å². The highest BCUT2D eigenvalue weighted by atomic mass is 35.5. The van der Waals surface area contributed by atoms with Crippen LogP contribution in [0.2, 0.25) is 5.02 Å². The van der Waals surface area contributed by atoms with Gasteiger partial charge in [0.2, 0.25) is 11.8 Å². The van der Waals surface area contributed by atoms with E-state index in [1.165, 1.54) is 0 Å². The molecule has 2 heterocycles. The lowest BCUT2D eigenvalue weighted by Crippen LogP contribution is -2.35. The average molecular weight is 483 g/mol. The average Bonchev–Trinajstić information content (AvgIpc) is 3.39. The van der Waals surface area contributed by atoms with Crippen molar-refractivity contribution in [1.82, 2.24) is 14.5 Å². The Morgan fingerprint density at radius 3 is 2.62 bits per heavy atom. The standard InChI is InChI=1S/C26H31ClN4O3/c1-4-12-29(13-5-2)25(33)17-31-21-9-7-6-8-20(21)28-26(31)18-14-24(32)30(16-18)22-15-19(27)10-11-23(22)34-3/h6-11,15,18H,4-5,12-14,16-17H2,1-3H3. The summed E-state index contributed by atoms with van der Waals surface area (Å²) in [6, 6.07) is 13.1. The van der Waals surface area contributed by atoms with E-state index in [1.54, 1.807) is 30.2 Å². The number of benzene rings is 2. The minimum absolute atomic E-state index is 0.0194. The molecule has 7 nitrogen and oxygen atoms in total. The molecule has 1 aromatic heterocycles. The Kier molecular flexibility index (Phi) is 7.41. The minimum atomic E-state index is -0.151. The van der Waals surface area contributed by atoms with Crippen LogP contribution in [0, 0.1) is 0 Å². The number of hydrogen-bond acceptors (Lipinski definition) is 4. The van der Waals surface area contributed by atoms with Gasteiger partial charge in [-0.25, -0.2) is 4.98 Å². The summed E-state index contributed by atoms with van der Waals surface area (Å²) in [5.74, 6) is 1.26. The summed E-state index contributed by atoms with van der Waals surface area (Å²) in [5.41, 5.74) is 2.39. The van der Waals surface area contributed by atoms with Gasteiger partial charge in [-0.05, 0) is 43.2 Å². The third-order valence-electron chi connectivity index (χ3n) is 6.24. The molecular weight excluding hydrogens is 452 g/mol. The van der Waals surface area contributed by atoms with Crippen molar-refractivity contribution < 1.29 is 14.3 Å². The Bertz CT molecular complexity index is 1190. The van der Waals surface area contributed by atoms with Crippen molar-refractivity contribution in [3.8, 4) is 5.75 Å². The molecular formula is C26H31ClN4O3. The van der Waals surface area contributed by atoms with Crippen LogP contribution >= 0.6 is 11.6 Å². The highest BCUT2D eigenvalue weighted by Crippen LogP contribution is 2.38. The number of aromatic nitrogens is 2. The number of methoxy groups -OCH3 is 1. The van der Waals surface area contributed by atoms with E-state index in [0.717, 1.165) is 42.8 Å². The molecule has 0 N–H and O–H groups in total. The lowest BCUT2D eigenvalue weighted by molar-refractivity contribution is -0.131. The normalized spacial score (nSPS) is 15.8. The zero-order valence-electron chi connectivity index (χ0n) is 20.0. The number of imidazole rings is 1. The maximum atomic E-state index is 13.2. The van der Waals surface area contributed by atoms with E-state index in [0.29, 0.717) is 29.4 Å². The largest absolute Gasteiger partial charge is 0.495 e. The second-order valence-corrected chi connectivity index (χ2v) is 9.08. The van der Waals surface area contributed by atoms with Crippen molar-refractivity contribution >= 4 is 40.1 Å². The maximum absolute atomic E-state index is 13.2. The van der Waals surface area contributed by atoms with Crippen molar-refractivity contribution in [2.45, 2.75) is 45.6 Å². The van der Waals surface area contributed by atoms with E-state index in [4.69, 9.17) is 21.3 Å². The number of amides is 2. The van der Waals surface area contributed by atoms with Crippen LogP contribution < -0.4 is 9.64 Å². The predicted octanol–water partition coefficient (Wildman–Crippen LogP) is 4.87. The van der Waals surface area contributed by atoms with E-state index in [2.05, 4.69) is 13.8 Å². The summed E-state index contributed by atoms with van der Waals surface area (Å²) in [7, 11) is 1.58. The first-order valence-electron chi connectivity index (χ1n) is 11.8. The van der Waals surface area contributed by atoms with Crippen molar-refractivity contribution in [3.63, 3.8) is 0 Å². The van der Waals surface area contributed by atoms with Crippen molar-refractivity contribution in [1.29, 1.82) is 0 Å². The van der Waals surface area contributed by atoms with Gasteiger partial charge in [-0.15, -0.1) is 0 Å². The highest BCUT2D eigenvalue weighted by Gasteiger charge is 2.36. The number of anilines is 1. The van der Waals surface area contributed by atoms with E-state index < -0.39 is 0 Å². The molecule has 1 unspecified atom stereocenters. The number of halogens is 1. The lowest BCUT2D eigenvalue weighted by atomic mass is 10.1. The predicted molar refractivity (Wildman–Crippen MR) is 135 cm³/mol. The van der Waals surface area contributed by atoms with Gasteiger partial charge in [0.25, 0.3) is 0 Å². The Balaban J connectivity index is 1.68. The minimum Gasteiger partial charge on any atom is -0.495 e. The third kappa shape index (κ3) is 4.75. The summed E-state index contributed by atoms with van der Waals surface area (Å²) in [4.78, 5) is 34.8. The zero-order chi connectivity index (χ0) is 24.2. The number of hydrogen-bond donors (Lipinski definition) is 0. The van der Waals surface area contributed by atoms with Crippen LogP contribution in [-0.2, 0) is 16.1 Å². The molecule has 180 valence electrons. The quantitative estimate of drug-likeness (QED) is 0.436. The molecule has 34 heavy (non-hydrogen) atoms. The Labute approximate surface area is 205 Å². The molecule has 1 aliphatic rings. The number of para-hydroxylation sites is 2. The van der Waals surface area contributed by atoms with Crippen LogP contribution in [0.3, 0.4) is 0 Å². The smallest absolute Gasteiger partial charge is 0.242 e. The molecule has 4 rings (SSSR count). The molecule has 0 radical (unpaired) electrons. The van der Waals surface area contributed by atoms with Gasteiger partial charge in [0.1, 0.15) is 18.1 Å². The first-order chi connectivity index (χ1) is 16.5.